The average molecular weight is 286 g/mol. The van der Waals surface area contributed by atoms with E-state index in [1.54, 1.807) is 6.07 Å². The molecule has 110 valence electrons. The third-order valence-corrected chi connectivity index (χ3v) is 4.56. The molecular formula is C16H18N2O3. The molecule has 5 nitrogen and oxygen atoms in total. The molecule has 5 rings (SSSR count). The van der Waals surface area contributed by atoms with E-state index in [0.29, 0.717) is 5.92 Å². The summed E-state index contributed by atoms with van der Waals surface area (Å²) in [6, 6.07) is 9.54. The monoisotopic (exact) mass is 286 g/mol. The first-order valence-electron chi connectivity index (χ1n) is 7.47. The minimum atomic E-state index is -0.423. The Morgan fingerprint density at radius 2 is 2.10 bits per heavy atom. The quantitative estimate of drug-likeness (QED) is 0.922. The van der Waals surface area contributed by atoms with Gasteiger partial charge < -0.3 is 19.4 Å². The highest BCUT2D eigenvalue weighted by Gasteiger charge is 2.35. The van der Waals surface area contributed by atoms with Crippen LogP contribution in [-0.4, -0.2) is 36.7 Å². The van der Waals surface area contributed by atoms with Crippen LogP contribution >= 0.6 is 0 Å². The summed E-state index contributed by atoms with van der Waals surface area (Å²) >= 11 is 0. The molecular weight excluding hydrogens is 268 g/mol. The minimum Gasteiger partial charge on any atom is -0.425 e. The van der Waals surface area contributed by atoms with Gasteiger partial charge in [0.25, 0.3) is 5.95 Å². The van der Waals surface area contributed by atoms with Crippen LogP contribution in [0.5, 0.6) is 5.95 Å². The molecule has 3 fully saturated rings. The molecule has 3 saturated heterocycles. The maximum Gasteiger partial charge on any atom is 0.415 e. The van der Waals surface area contributed by atoms with Crippen molar-refractivity contribution in [1.29, 1.82) is 0 Å². The zero-order chi connectivity index (χ0) is 14.2. The summed E-state index contributed by atoms with van der Waals surface area (Å²) in [5.74, 6) is 0.827. The number of fused-ring (bicyclic) bond motifs is 4. The van der Waals surface area contributed by atoms with Crippen molar-refractivity contribution in [2.75, 3.05) is 19.6 Å². The zero-order valence-electron chi connectivity index (χ0n) is 11.7. The predicted octanol–water partition coefficient (Wildman–Crippen LogP) is 2.62. The van der Waals surface area contributed by atoms with Gasteiger partial charge in [0, 0.05) is 24.0 Å². The normalized spacial score (nSPS) is 27.7. The first kappa shape index (κ1) is 12.7. The summed E-state index contributed by atoms with van der Waals surface area (Å²) in [5.41, 5.74) is 0.725. The highest BCUT2D eigenvalue weighted by molar-refractivity contribution is 5.80. The van der Waals surface area contributed by atoms with Crippen LogP contribution in [0.25, 0.3) is 11.0 Å². The number of amides is 1. The van der Waals surface area contributed by atoms with Crippen molar-refractivity contribution in [3.05, 3.63) is 30.3 Å². The highest BCUT2D eigenvalue weighted by Crippen LogP contribution is 2.28. The van der Waals surface area contributed by atoms with E-state index in [1.165, 1.54) is 0 Å². The number of carbonyl (C=O) groups is 1. The summed E-state index contributed by atoms with van der Waals surface area (Å²) in [6.07, 6.45) is 1.90. The maximum atomic E-state index is 12.0. The second-order valence-corrected chi connectivity index (χ2v) is 5.88. The Labute approximate surface area is 122 Å². The van der Waals surface area contributed by atoms with Crippen LogP contribution in [-0.2, 0) is 0 Å². The number of hydrogen-bond acceptors (Lipinski definition) is 4. The molecule has 3 aliphatic heterocycles. The molecule has 2 aromatic rings. The lowest BCUT2D eigenvalue weighted by atomic mass is 9.84. The molecule has 0 saturated carbocycles. The van der Waals surface area contributed by atoms with E-state index in [1.807, 2.05) is 24.3 Å². The SMILES string of the molecule is O=C(NC1CN2CCC1CC2)Oc1cc2ccccc2o1. The largest absolute Gasteiger partial charge is 0.425 e. The number of piperidine rings is 3. The van der Waals surface area contributed by atoms with Gasteiger partial charge in [-0.25, -0.2) is 4.79 Å². The fourth-order valence-electron chi connectivity index (χ4n) is 3.41. The lowest BCUT2D eigenvalue weighted by molar-refractivity contribution is 0.0716. The molecule has 1 unspecified atom stereocenters. The van der Waals surface area contributed by atoms with Crippen LogP contribution in [0, 0.1) is 5.92 Å². The number of nitrogens with zero attached hydrogens (tertiary/aromatic N) is 1. The molecule has 0 aliphatic carbocycles. The molecule has 1 atom stereocenters. The molecule has 1 aromatic carbocycles. The molecule has 21 heavy (non-hydrogen) atoms. The van der Waals surface area contributed by atoms with E-state index in [0.717, 1.165) is 43.4 Å². The second kappa shape index (κ2) is 5.07. The van der Waals surface area contributed by atoms with Gasteiger partial charge in [0.1, 0.15) is 5.58 Å². The lowest BCUT2D eigenvalue weighted by Crippen LogP contribution is -2.57. The van der Waals surface area contributed by atoms with Crippen LogP contribution in [0.4, 0.5) is 4.79 Å². The first-order chi connectivity index (χ1) is 10.3. The van der Waals surface area contributed by atoms with E-state index in [9.17, 15) is 4.79 Å². The van der Waals surface area contributed by atoms with E-state index in [-0.39, 0.29) is 12.0 Å². The summed E-state index contributed by atoms with van der Waals surface area (Å²) in [4.78, 5) is 14.4. The Hall–Kier alpha value is -2.01. The van der Waals surface area contributed by atoms with Gasteiger partial charge in [-0.3, -0.25) is 0 Å². The van der Waals surface area contributed by atoms with E-state index < -0.39 is 6.09 Å². The van der Waals surface area contributed by atoms with Crippen molar-refractivity contribution in [3.8, 4) is 5.95 Å². The average Bonchev–Trinajstić information content (AvgIpc) is 2.90. The summed E-state index contributed by atoms with van der Waals surface area (Å²) < 4.78 is 10.8. The Bertz CT molecular complexity index is 625. The van der Waals surface area contributed by atoms with Gasteiger partial charge in [-0.15, -0.1) is 0 Å². The Morgan fingerprint density at radius 1 is 1.29 bits per heavy atom. The van der Waals surface area contributed by atoms with Crippen molar-refractivity contribution in [2.24, 2.45) is 5.92 Å². The van der Waals surface area contributed by atoms with Crippen LogP contribution < -0.4 is 10.1 Å². The molecule has 4 heterocycles. The number of benzene rings is 1. The number of ether oxygens (including phenoxy) is 1. The van der Waals surface area contributed by atoms with Crippen LogP contribution in [0.15, 0.2) is 34.7 Å². The maximum absolute atomic E-state index is 12.0. The highest BCUT2D eigenvalue weighted by atomic mass is 16.6. The summed E-state index contributed by atoms with van der Waals surface area (Å²) in [5, 5.41) is 3.91. The van der Waals surface area contributed by atoms with Gasteiger partial charge in [-0.2, -0.15) is 0 Å². The standard InChI is InChI=1S/C16H18N2O3/c19-16(17-13-10-18-7-5-11(13)6-8-18)21-15-9-12-3-1-2-4-14(12)20-15/h1-4,9,11,13H,5-8,10H2,(H,17,19). The first-order valence-corrected chi connectivity index (χ1v) is 7.47. The number of nitrogens with one attached hydrogen (secondary N) is 1. The fraction of sp³-hybridized carbons (Fsp3) is 0.438. The molecule has 1 amide bonds. The molecule has 0 radical (unpaired) electrons. The molecule has 1 aromatic heterocycles. The number of rotatable bonds is 2. The molecule has 0 spiro atoms. The van der Waals surface area contributed by atoms with Crippen molar-refractivity contribution < 1.29 is 13.9 Å². The molecule has 5 heteroatoms. The topological polar surface area (TPSA) is 54.7 Å². The van der Waals surface area contributed by atoms with E-state index in [2.05, 4.69) is 10.2 Å². The van der Waals surface area contributed by atoms with Gasteiger partial charge in [0.05, 0.1) is 0 Å². The van der Waals surface area contributed by atoms with Crippen molar-refractivity contribution >= 4 is 17.1 Å². The Kier molecular flexibility index (Phi) is 3.07. The van der Waals surface area contributed by atoms with Gasteiger partial charge in [-0.05, 0) is 37.9 Å². The van der Waals surface area contributed by atoms with Crippen LogP contribution in [0.1, 0.15) is 12.8 Å². The number of para-hydroxylation sites is 1. The molecule has 3 aliphatic rings. The third kappa shape index (κ3) is 2.49. The smallest absolute Gasteiger partial charge is 0.415 e. The molecule has 2 bridgehead atoms. The molecule has 1 N–H and O–H groups in total. The summed E-state index contributed by atoms with van der Waals surface area (Å²) in [6.45, 7) is 3.24. The Balaban J connectivity index is 1.41. The predicted molar refractivity (Wildman–Crippen MR) is 78.3 cm³/mol. The van der Waals surface area contributed by atoms with E-state index >= 15 is 0 Å². The van der Waals surface area contributed by atoms with E-state index in [4.69, 9.17) is 9.15 Å². The Morgan fingerprint density at radius 3 is 2.81 bits per heavy atom. The van der Waals surface area contributed by atoms with Crippen LogP contribution in [0.2, 0.25) is 0 Å². The number of carbonyl (C=O) groups excluding carboxylic acids is 1. The van der Waals surface area contributed by atoms with Crippen molar-refractivity contribution in [1.82, 2.24) is 10.2 Å². The minimum absolute atomic E-state index is 0.198. The third-order valence-electron chi connectivity index (χ3n) is 4.56. The van der Waals surface area contributed by atoms with Gasteiger partial charge in [0.2, 0.25) is 0 Å². The lowest BCUT2D eigenvalue weighted by Gasteiger charge is -2.44. The van der Waals surface area contributed by atoms with Crippen LogP contribution in [0.3, 0.4) is 0 Å². The number of hydrogen-bond donors (Lipinski definition) is 1. The van der Waals surface area contributed by atoms with Gasteiger partial charge in [-0.1, -0.05) is 18.2 Å². The second-order valence-electron chi connectivity index (χ2n) is 5.88. The van der Waals surface area contributed by atoms with Crippen molar-refractivity contribution in [3.63, 3.8) is 0 Å². The zero-order valence-corrected chi connectivity index (χ0v) is 11.7. The van der Waals surface area contributed by atoms with Gasteiger partial charge in [0.15, 0.2) is 0 Å². The fourth-order valence-corrected chi connectivity index (χ4v) is 3.41. The van der Waals surface area contributed by atoms with Crippen molar-refractivity contribution in [2.45, 2.75) is 18.9 Å². The summed E-state index contributed by atoms with van der Waals surface area (Å²) in [7, 11) is 0. The van der Waals surface area contributed by atoms with Gasteiger partial charge >= 0.3 is 6.09 Å². The number of furan rings is 1.